The summed E-state index contributed by atoms with van der Waals surface area (Å²) in [5.41, 5.74) is 0. The van der Waals surface area contributed by atoms with Gasteiger partial charge in [0.05, 0.1) is 0 Å². The molecule has 0 aromatic heterocycles. The fraction of sp³-hybridized carbons (Fsp3) is 0.500. The molecule has 40 valence electrons. The van der Waals surface area contributed by atoms with E-state index in [1.165, 1.54) is 0 Å². The Morgan fingerprint density at radius 1 is 1.57 bits per heavy atom. The molecular formula is C6H11N. The molecule has 1 heteroatoms. The lowest BCUT2D eigenvalue weighted by molar-refractivity contribution is 0.829. The number of aliphatic imine (C=N–C) groups is 1. The molecule has 0 unspecified atom stereocenters. The molecule has 0 saturated carbocycles. The van der Waals surface area contributed by atoms with Crippen molar-refractivity contribution in [3.63, 3.8) is 0 Å². The van der Waals surface area contributed by atoms with E-state index in [2.05, 4.69) is 25.6 Å². The van der Waals surface area contributed by atoms with E-state index in [1.807, 2.05) is 6.08 Å². The van der Waals surface area contributed by atoms with E-state index in [4.69, 9.17) is 0 Å². The van der Waals surface area contributed by atoms with Crippen molar-refractivity contribution in [3.8, 4) is 0 Å². The Balaban J connectivity index is 3.25. The van der Waals surface area contributed by atoms with Crippen LogP contribution in [-0.4, -0.2) is 6.72 Å². The zero-order valence-corrected chi connectivity index (χ0v) is 4.89. The quantitative estimate of drug-likeness (QED) is 0.466. The van der Waals surface area contributed by atoms with Gasteiger partial charge in [-0.3, -0.25) is 4.99 Å². The summed E-state index contributed by atoms with van der Waals surface area (Å²) in [4.78, 5) is 3.55. The van der Waals surface area contributed by atoms with Crippen molar-refractivity contribution < 1.29 is 0 Å². The normalized spacial score (nSPS) is 10.7. The van der Waals surface area contributed by atoms with Crippen molar-refractivity contribution in [1.82, 2.24) is 0 Å². The fourth-order valence-electron chi connectivity index (χ4n) is 0.233. The second kappa shape index (κ2) is 3.59. The predicted octanol–water partition coefficient (Wildman–Crippen LogP) is 1.86. The van der Waals surface area contributed by atoms with Crippen LogP contribution in [-0.2, 0) is 0 Å². The third-order valence-electron chi connectivity index (χ3n) is 0.576. The molecule has 0 radical (unpaired) electrons. The third-order valence-corrected chi connectivity index (χ3v) is 0.576. The van der Waals surface area contributed by atoms with Crippen molar-refractivity contribution in [1.29, 1.82) is 0 Å². The van der Waals surface area contributed by atoms with Crippen LogP contribution < -0.4 is 0 Å². The molecule has 0 aromatic carbocycles. The summed E-state index contributed by atoms with van der Waals surface area (Å²) in [5.74, 6) is 0.588. The SMILES string of the molecule is C=NC=CC(C)C. The van der Waals surface area contributed by atoms with E-state index >= 15 is 0 Å². The Bertz CT molecular complexity index is 72.2. The van der Waals surface area contributed by atoms with Gasteiger partial charge in [-0.05, 0) is 12.6 Å². The van der Waals surface area contributed by atoms with Crippen molar-refractivity contribution in [2.75, 3.05) is 0 Å². The maximum Gasteiger partial charge on any atom is 0.0223 e. The van der Waals surface area contributed by atoms with E-state index in [-0.39, 0.29) is 0 Å². The van der Waals surface area contributed by atoms with Gasteiger partial charge in [-0.1, -0.05) is 19.9 Å². The van der Waals surface area contributed by atoms with Gasteiger partial charge in [-0.25, -0.2) is 0 Å². The number of rotatable bonds is 2. The highest BCUT2D eigenvalue weighted by Gasteiger charge is 1.77. The highest BCUT2D eigenvalue weighted by atomic mass is 14.6. The molecule has 0 aliphatic rings. The van der Waals surface area contributed by atoms with Crippen LogP contribution in [0.25, 0.3) is 0 Å². The minimum Gasteiger partial charge on any atom is -0.273 e. The molecular weight excluding hydrogens is 86.1 g/mol. The fourth-order valence-corrected chi connectivity index (χ4v) is 0.233. The molecule has 0 rings (SSSR count). The van der Waals surface area contributed by atoms with Gasteiger partial charge >= 0.3 is 0 Å². The minimum atomic E-state index is 0.588. The molecule has 0 spiro atoms. The van der Waals surface area contributed by atoms with Crippen LogP contribution >= 0.6 is 0 Å². The maximum absolute atomic E-state index is 3.55. The minimum absolute atomic E-state index is 0.588. The zero-order chi connectivity index (χ0) is 5.70. The Labute approximate surface area is 44.8 Å². The van der Waals surface area contributed by atoms with Crippen LogP contribution in [0.15, 0.2) is 17.3 Å². The predicted molar refractivity (Wildman–Crippen MR) is 33.5 cm³/mol. The summed E-state index contributed by atoms with van der Waals surface area (Å²) in [6.45, 7) is 7.49. The average molecular weight is 97.2 g/mol. The van der Waals surface area contributed by atoms with Crippen molar-refractivity contribution in [3.05, 3.63) is 12.3 Å². The second-order valence-corrected chi connectivity index (χ2v) is 1.77. The van der Waals surface area contributed by atoms with Gasteiger partial charge in [0.25, 0.3) is 0 Å². The van der Waals surface area contributed by atoms with Crippen LogP contribution in [0.1, 0.15) is 13.8 Å². The van der Waals surface area contributed by atoms with Gasteiger partial charge in [0.2, 0.25) is 0 Å². The van der Waals surface area contributed by atoms with Gasteiger partial charge in [0.15, 0.2) is 0 Å². The molecule has 0 aliphatic heterocycles. The van der Waals surface area contributed by atoms with Crippen molar-refractivity contribution >= 4 is 6.72 Å². The average Bonchev–Trinajstić information content (AvgIpc) is 1.61. The van der Waals surface area contributed by atoms with Crippen LogP contribution in [0, 0.1) is 5.92 Å². The first-order valence-corrected chi connectivity index (χ1v) is 2.40. The Hall–Kier alpha value is -0.590. The molecule has 0 heterocycles. The molecule has 0 atom stereocenters. The number of hydrogen-bond acceptors (Lipinski definition) is 1. The lowest BCUT2D eigenvalue weighted by atomic mass is 10.2. The van der Waals surface area contributed by atoms with Crippen molar-refractivity contribution in [2.24, 2.45) is 10.9 Å². The van der Waals surface area contributed by atoms with E-state index < -0.39 is 0 Å². The van der Waals surface area contributed by atoms with Crippen LogP contribution in [0.5, 0.6) is 0 Å². The first kappa shape index (κ1) is 6.41. The van der Waals surface area contributed by atoms with E-state index in [0.717, 1.165) is 0 Å². The van der Waals surface area contributed by atoms with Gasteiger partial charge < -0.3 is 0 Å². The number of allylic oxidation sites excluding steroid dienone is 1. The van der Waals surface area contributed by atoms with Crippen molar-refractivity contribution in [2.45, 2.75) is 13.8 Å². The van der Waals surface area contributed by atoms with Crippen LogP contribution in [0.2, 0.25) is 0 Å². The summed E-state index contributed by atoms with van der Waals surface area (Å²) in [5, 5.41) is 0. The highest BCUT2D eigenvalue weighted by molar-refractivity contribution is 5.25. The lowest BCUT2D eigenvalue weighted by Gasteiger charge is -1.87. The molecule has 7 heavy (non-hydrogen) atoms. The van der Waals surface area contributed by atoms with Gasteiger partial charge in [0.1, 0.15) is 0 Å². The molecule has 0 saturated heterocycles. The zero-order valence-electron chi connectivity index (χ0n) is 4.89. The number of hydrogen-bond donors (Lipinski definition) is 0. The standard InChI is InChI=1S/C6H11N/c1-6(2)4-5-7-3/h4-6H,3H2,1-2H3. The highest BCUT2D eigenvalue weighted by Crippen LogP contribution is 1.91. The topological polar surface area (TPSA) is 12.4 Å². The molecule has 0 aromatic rings. The van der Waals surface area contributed by atoms with Gasteiger partial charge in [-0.2, -0.15) is 0 Å². The largest absolute Gasteiger partial charge is 0.273 e. The maximum atomic E-state index is 3.55. The molecule has 0 fully saturated rings. The van der Waals surface area contributed by atoms with Gasteiger partial charge in [0, 0.05) is 6.20 Å². The summed E-state index contributed by atoms with van der Waals surface area (Å²) in [7, 11) is 0. The van der Waals surface area contributed by atoms with Crippen LogP contribution in [0.4, 0.5) is 0 Å². The first-order valence-electron chi connectivity index (χ1n) is 2.40. The number of nitrogens with zero attached hydrogens (tertiary/aromatic N) is 1. The lowest BCUT2D eigenvalue weighted by Crippen LogP contribution is -1.73. The molecule has 1 nitrogen and oxygen atoms in total. The molecule has 0 aliphatic carbocycles. The molecule has 0 amide bonds. The Kier molecular flexibility index (Phi) is 3.29. The van der Waals surface area contributed by atoms with Gasteiger partial charge in [-0.15, -0.1) is 0 Å². The second-order valence-electron chi connectivity index (χ2n) is 1.77. The molecule has 0 N–H and O–H groups in total. The summed E-state index contributed by atoms with van der Waals surface area (Å²) in [6.07, 6.45) is 3.71. The summed E-state index contributed by atoms with van der Waals surface area (Å²) >= 11 is 0. The monoisotopic (exact) mass is 97.1 g/mol. The smallest absolute Gasteiger partial charge is 0.0223 e. The molecule has 0 bridgehead atoms. The van der Waals surface area contributed by atoms with E-state index in [1.54, 1.807) is 6.20 Å². The Morgan fingerprint density at radius 2 is 2.14 bits per heavy atom. The summed E-state index contributed by atoms with van der Waals surface area (Å²) in [6, 6.07) is 0. The Morgan fingerprint density at radius 3 is 2.29 bits per heavy atom. The third kappa shape index (κ3) is 5.41. The summed E-state index contributed by atoms with van der Waals surface area (Å²) < 4.78 is 0. The van der Waals surface area contributed by atoms with E-state index in [9.17, 15) is 0 Å². The van der Waals surface area contributed by atoms with E-state index in [0.29, 0.717) is 5.92 Å². The first-order chi connectivity index (χ1) is 3.27. The van der Waals surface area contributed by atoms with Crippen LogP contribution in [0.3, 0.4) is 0 Å².